The number of nitrogens with two attached hydrogens (primary N) is 1. The fraction of sp³-hybridized carbons (Fsp3) is 0.867. The predicted octanol–water partition coefficient (Wildman–Crippen LogP) is 1.98. The molecule has 1 aliphatic carbocycles. The van der Waals surface area contributed by atoms with Crippen LogP contribution in [0.3, 0.4) is 0 Å². The van der Waals surface area contributed by atoms with Crippen LogP contribution in [0.5, 0.6) is 0 Å². The molecule has 1 heterocycles. The molecule has 0 amide bonds. The zero-order chi connectivity index (χ0) is 22.1. The first-order valence-corrected chi connectivity index (χ1v) is 8.42. The number of nitrogens with zero attached hydrogens (tertiary/aromatic N) is 1. The summed E-state index contributed by atoms with van der Waals surface area (Å²) in [6.45, 7) is 2.17. The largest absolute Gasteiger partial charge is 0.490 e. The average Bonchev–Trinajstić information content (AvgIpc) is 2.56. The number of aliphatic hydroxyl groups excluding tert-OH is 1. The van der Waals surface area contributed by atoms with Crippen molar-refractivity contribution in [2.24, 2.45) is 5.73 Å². The van der Waals surface area contributed by atoms with E-state index in [1.54, 1.807) is 0 Å². The molecular weight excluding hydrogens is 402 g/mol. The molecule has 0 spiro atoms. The monoisotopic (exact) mass is 426 g/mol. The van der Waals surface area contributed by atoms with Crippen molar-refractivity contribution in [2.45, 2.75) is 69.1 Å². The van der Waals surface area contributed by atoms with Gasteiger partial charge in [0.15, 0.2) is 0 Å². The van der Waals surface area contributed by atoms with E-state index in [2.05, 4.69) is 4.90 Å². The maximum absolute atomic E-state index is 10.6. The van der Waals surface area contributed by atoms with E-state index in [-0.39, 0.29) is 6.10 Å². The molecule has 0 aromatic carbocycles. The van der Waals surface area contributed by atoms with Crippen molar-refractivity contribution >= 4 is 11.9 Å². The Morgan fingerprint density at radius 2 is 1.11 bits per heavy atom. The number of hydrogen-bond acceptors (Lipinski definition) is 5. The minimum absolute atomic E-state index is 0.0444. The molecule has 28 heavy (non-hydrogen) atoms. The normalized spacial score (nSPS) is 24.3. The number of carboxylic acid groups (broad SMARTS) is 2. The van der Waals surface area contributed by atoms with E-state index in [4.69, 9.17) is 25.5 Å². The quantitative estimate of drug-likeness (QED) is 0.473. The van der Waals surface area contributed by atoms with Gasteiger partial charge in [-0.1, -0.05) is 0 Å². The number of likely N-dealkylation sites (tertiary alicyclic amines) is 1. The van der Waals surface area contributed by atoms with Crippen LogP contribution in [0.4, 0.5) is 26.3 Å². The summed E-state index contributed by atoms with van der Waals surface area (Å²) >= 11 is 0. The van der Waals surface area contributed by atoms with Crippen LogP contribution < -0.4 is 5.73 Å². The highest BCUT2D eigenvalue weighted by molar-refractivity contribution is 5.73. The first kappa shape index (κ1) is 26.4. The van der Waals surface area contributed by atoms with Gasteiger partial charge in [-0.05, 0) is 38.5 Å². The zero-order valence-electron chi connectivity index (χ0n) is 14.8. The van der Waals surface area contributed by atoms with Crippen molar-refractivity contribution in [3.8, 4) is 0 Å². The number of carbonyl (C=O) groups is 2. The number of carboxylic acids is 2. The lowest BCUT2D eigenvalue weighted by Gasteiger charge is -2.39. The zero-order valence-corrected chi connectivity index (χ0v) is 14.8. The third-order valence-corrected chi connectivity index (χ3v) is 4.24. The maximum Gasteiger partial charge on any atom is 0.490 e. The molecule has 1 aliphatic heterocycles. The van der Waals surface area contributed by atoms with Crippen LogP contribution in [0.1, 0.15) is 38.5 Å². The van der Waals surface area contributed by atoms with E-state index in [9.17, 15) is 31.4 Å². The van der Waals surface area contributed by atoms with E-state index in [0.29, 0.717) is 6.04 Å². The Hall–Kier alpha value is -1.60. The van der Waals surface area contributed by atoms with Gasteiger partial charge in [-0.25, -0.2) is 9.59 Å². The van der Waals surface area contributed by atoms with Crippen molar-refractivity contribution in [1.82, 2.24) is 4.90 Å². The van der Waals surface area contributed by atoms with Gasteiger partial charge in [-0.3, -0.25) is 0 Å². The molecule has 1 saturated carbocycles. The van der Waals surface area contributed by atoms with Gasteiger partial charge in [0.05, 0.1) is 6.10 Å². The van der Waals surface area contributed by atoms with Crippen LogP contribution in [-0.2, 0) is 9.59 Å². The average molecular weight is 426 g/mol. The van der Waals surface area contributed by atoms with Crippen LogP contribution in [0.2, 0.25) is 0 Å². The minimum Gasteiger partial charge on any atom is -0.475 e. The Balaban J connectivity index is 0.000000444. The summed E-state index contributed by atoms with van der Waals surface area (Å²) in [6, 6.07) is 1.20. The Labute approximate surface area is 157 Å². The summed E-state index contributed by atoms with van der Waals surface area (Å²) in [5.41, 5.74) is 5.89. The van der Waals surface area contributed by atoms with Gasteiger partial charge in [0.25, 0.3) is 0 Å². The highest BCUT2D eigenvalue weighted by Crippen LogP contribution is 2.24. The lowest BCUT2D eigenvalue weighted by Crippen LogP contribution is -2.45. The fourth-order valence-corrected chi connectivity index (χ4v) is 2.72. The molecule has 166 valence electrons. The van der Waals surface area contributed by atoms with Crippen molar-refractivity contribution in [1.29, 1.82) is 0 Å². The van der Waals surface area contributed by atoms with Gasteiger partial charge in [0.2, 0.25) is 0 Å². The lowest BCUT2D eigenvalue weighted by molar-refractivity contribution is -0.193. The first-order valence-electron chi connectivity index (χ1n) is 8.42. The molecule has 0 unspecified atom stereocenters. The number of rotatable bonds is 1. The maximum atomic E-state index is 10.6. The van der Waals surface area contributed by atoms with Crippen LogP contribution >= 0.6 is 0 Å². The van der Waals surface area contributed by atoms with Crippen LogP contribution in [0.25, 0.3) is 0 Å². The van der Waals surface area contributed by atoms with E-state index >= 15 is 0 Å². The summed E-state index contributed by atoms with van der Waals surface area (Å²) in [5, 5.41) is 23.7. The Bertz CT molecular complexity index is 440. The molecular formula is C15H24F6N2O5. The Kier molecular flexibility index (Phi) is 10.8. The number of halogens is 6. The number of aliphatic carboxylic acids is 2. The van der Waals surface area contributed by atoms with Crippen molar-refractivity contribution in [3.05, 3.63) is 0 Å². The molecule has 13 heteroatoms. The first-order chi connectivity index (χ1) is 12.6. The van der Waals surface area contributed by atoms with E-state index < -0.39 is 24.3 Å². The molecule has 7 nitrogen and oxygen atoms in total. The molecule has 5 N–H and O–H groups in total. The topological polar surface area (TPSA) is 124 Å². The van der Waals surface area contributed by atoms with E-state index in [1.807, 2.05) is 0 Å². The highest BCUT2D eigenvalue weighted by Gasteiger charge is 2.38. The summed E-state index contributed by atoms with van der Waals surface area (Å²) in [4.78, 5) is 20.3. The van der Waals surface area contributed by atoms with Crippen LogP contribution in [0.15, 0.2) is 0 Å². The van der Waals surface area contributed by atoms with Gasteiger partial charge in [-0.2, -0.15) is 26.3 Å². The second kappa shape index (κ2) is 11.4. The van der Waals surface area contributed by atoms with Crippen molar-refractivity contribution in [2.75, 3.05) is 13.1 Å². The summed E-state index contributed by atoms with van der Waals surface area (Å²) in [5.74, 6) is -5.51. The standard InChI is InChI=1S/C11H22N2O.2C2HF3O2/c12-9-1-3-10(4-2-9)13-7-5-11(14)6-8-13;2*3-2(4,5)1(6)7/h9-11,14H,1-8,12H2;2*(H,6,7). The molecule has 2 aliphatic rings. The Morgan fingerprint density at radius 3 is 1.39 bits per heavy atom. The minimum atomic E-state index is -5.08. The lowest BCUT2D eigenvalue weighted by atomic mass is 9.89. The SMILES string of the molecule is NC1CCC(N2CCC(O)CC2)CC1.O=C(O)C(F)(F)F.O=C(O)C(F)(F)F. The molecule has 0 radical (unpaired) electrons. The molecule has 0 bridgehead atoms. The molecule has 0 aromatic rings. The molecule has 1 saturated heterocycles. The third-order valence-electron chi connectivity index (χ3n) is 4.24. The summed E-state index contributed by atoms with van der Waals surface area (Å²) in [7, 11) is 0. The van der Waals surface area contributed by atoms with Gasteiger partial charge in [0.1, 0.15) is 0 Å². The molecule has 0 aromatic heterocycles. The van der Waals surface area contributed by atoms with Gasteiger partial charge in [0, 0.05) is 25.2 Å². The summed E-state index contributed by atoms with van der Waals surface area (Å²) < 4.78 is 63.5. The number of alkyl halides is 6. The van der Waals surface area contributed by atoms with E-state index in [0.717, 1.165) is 32.0 Å². The predicted molar refractivity (Wildman–Crippen MR) is 84.4 cm³/mol. The second-order valence-corrected chi connectivity index (χ2v) is 6.44. The smallest absolute Gasteiger partial charge is 0.475 e. The molecule has 2 fully saturated rings. The number of hydrogen-bond donors (Lipinski definition) is 4. The number of aliphatic hydroxyl groups is 1. The van der Waals surface area contributed by atoms with Crippen molar-refractivity contribution in [3.63, 3.8) is 0 Å². The van der Waals surface area contributed by atoms with Gasteiger partial charge < -0.3 is 26.0 Å². The molecule has 2 rings (SSSR count). The number of piperidine rings is 1. The fourth-order valence-electron chi connectivity index (χ4n) is 2.72. The van der Waals surface area contributed by atoms with Gasteiger partial charge >= 0.3 is 24.3 Å². The van der Waals surface area contributed by atoms with Crippen molar-refractivity contribution < 1.29 is 51.3 Å². The van der Waals surface area contributed by atoms with E-state index in [1.165, 1.54) is 25.7 Å². The second-order valence-electron chi connectivity index (χ2n) is 6.44. The van der Waals surface area contributed by atoms with Crippen LogP contribution in [0, 0.1) is 0 Å². The summed E-state index contributed by atoms with van der Waals surface area (Å²) in [6.07, 6.45) is -3.40. The third kappa shape index (κ3) is 11.3. The Morgan fingerprint density at radius 1 is 0.786 bits per heavy atom. The molecule has 0 atom stereocenters. The highest BCUT2D eigenvalue weighted by atomic mass is 19.4. The van der Waals surface area contributed by atoms with Gasteiger partial charge in [-0.15, -0.1) is 0 Å². The van der Waals surface area contributed by atoms with Crippen LogP contribution in [-0.4, -0.2) is 75.8 Å².